The molecule has 5 nitrogen and oxygen atoms in total. The van der Waals surface area contributed by atoms with E-state index in [-0.39, 0.29) is 21.8 Å². The number of aldehydes is 1. The van der Waals surface area contributed by atoms with Crippen molar-refractivity contribution in [3.8, 4) is 0 Å². The van der Waals surface area contributed by atoms with Gasteiger partial charge in [-0.15, -0.1) is 0 Å². The first kappa shape index (κ1) is 13.2. The third kappa shape index (κ3) is 3.04. The molecular weight excluding hydrogens is 244 g/mol. The Morgan fingerprint density at radius 2 is 2.12 bits per heavy atom. The molecule has 0 atom stereocenters. The summed E-state index contributed by atoms with van der Waals surface area (Å²) in [4.78, 5) is 22.9. The van der Waals surface area contributed by atoms with Crippen LogP contribution in [0.2, 0.25) is 5.02 Å². The van der Waals surface area contributed by atoms with Crippen LogP contribution >= 0.6 is 11.6 Å². The van der Waals surface area contributed by atoms with Crippen molar-refractivity contribution in [3.05, 3.63) is 45.1 Å². The van der Waals surface area contributed by atoms with Crippen molar-refractivity contribution in [1.29, 1.82) is 0 Å². The van der Waals surface area contributed by atoms with E-state index in [0.29, 0.717) is 6.29 Å². The summed E-state index contributed by atoms with van der Waals surface area (Å²) >= 11 is 5.91. The van der Waals surface area contributed by atoms with Gasteiger partial charge in [-0.25, -0.2) is 0 Å². The molecule has 6 heteroatoms. The molecule has 0 saturated carbocycles. The Kier molecular flexibility index (Phi) is 4.23. The first-order valence-corrected chi connectivity index (χ1v) is 5.12. The van der Waals surface area contributed by atoms with Crippen LogP contribution < -0.4 is 0 Å². The molecule has 0 bridgehead atoms. The van der Waals surface area contributed by atoms with Crippen LogP contribution in [0.4, 0.5) is 5.69 Å². The number of nitrogens with zero attached hydrogens (tertiary/aromatic N) is 2. The van der Waals surface area contributed by atoms with Gasteiger partial charge in [-0.2, -0.15) is 0 Å². The first-order chi connectivity index (χ1) is 7.97. The minimum atomic E-state index is -0.561. The van der Waals surface area contributed by atoms with Crippen molar-refractivity contribution in [2.45, 2.75) is 0 Å². The maximum atomic E-state index is 11.0. The van der Waals surface area contributed by atoms with Gasteiger partial charge < -0.3 is 4.90 Å². The van der Waals surface area contributed by atoms with E-state index in [4.69, 9.17) is 11.6 Å². The Morgan fingerprint density at radius 3 is 2.59 bits per heavy atom. The van der Waals surface area contributed by atoms with Crippen LogP contribution in [0.5, 0.6) is 0 Å². The molecule has 0 spiro atoms. The molecule has 0 fully saturated rings. The summed E-state index contributed by atoms with van der Waals surface area (Å²) in [6, 6.07) is 4.30. The van der Waals surface area contributed by atoms with E-state index in [9.17, 15) is 14.9 Å². The molecule has 0 aromatic heterocycles. The third-order valence-electron chi connectivity index (χ3n) is 2.00. The number of carbonyl (C=O) groups is 1. The fourth-order valence-corrected chi connectivity index (χ4v) is 1.66. The van der Waals surface area contributed by atoms with Crippen LogP contribution in [0.3, 0.4) is 0 Å². The van der Waals surface area contributed by atoms with Crippen LogP contribution in [0, 0.1) is 10.1 Å². The zero-order valence-electron chi connectivity index (χ0n) is 9.38. The van der Waals surface area contributed by atoms with Crippen molar-refractivity contribution in [1.82, 2.24) is 4.90 Å². The molecule has 0 amide bonds. The van der Waals surface area contributed by atoms with Gasteiger partial charge in [0.15, 0.2) is 6.29 Å². The van der Waals surface area contributed by atoms with E-state index in [1.807, 2.05) is 0 Å². The predicted molar refractivity (Wildman–Crippen MR) is 65.8 cm³/mol. The van der Waals surface area contributed by atoms with Crippen LogP contribution in [-0.4, -0.2) is 30.2 Å². The molecule has 0 aliphatic carbocycles. The van der Waals surface area contributed by atoms with Gasteiger partial charge in [-0.3, -0.25) is 14.9 Å². The molecule has 0 heterocycles. The minimum absolute atomic E-state index is 0.142. The Balaban J connectivity index is 3.47. The Bertz CT molecular complexity index is 484. The second kappa shape index (κ2) is 5.45. The van der Waals surface area contributed by atoms with E-state index >= 15 is 0 Å². The number of nitro groups is 1. The second-order valence-electron chi connectivity index (χ2n) is 3.56. The lowest BCUT2D eigenvalue weighted by Gasteiger charge is -2.09. The molecule has 0 unspecified atom stereocenters. The molecule has 0 radical (unpaired) electrons. The maximum absolute atomic E-state index is 11.0. The number of benzene rings is 1. The number of nitro benzene ring substituents is 1. The molecule has 17 heavy (non-hydrogen) atoms. The summed E-state index contributed by atoms with van der Waals surface area (Å²) in [7, 11) is 3.43. The van der Waals surface area contributed by atoms with Gasteiger partial charge in [0.25, 0.3) is 5.69 Å². The van der Waals surface area contributed by atoms with Gasteiger partial charge in [0, 0.05) is 31.9 Å². The quantitative estimate of drug-likeness (QED) is 0.358. The van der Waals surface area contributed by atoms with Crippen LogP contribution in [0.1, 0.15) is 5.56 Å². The molecule has 0 aliphatic heterocycles. The zero-order valence-corrected chi connectivity index (χ0v) is 10.1. The predicted octanol–water partition coefficient (Wildman–Crippen LogP) is 2.35. The molecule has 0 saturated heterocycles. The summed E-state index contributed by atoms with van der Waals surface area (Å²) in [6.45, 7) is 0. The lowest BCUT2D eigenvalue weighted by molar-refractivity contribution is -0.385. The summed E-state index contributed by atoms with van der Waals surface area (Å²) in [5.41, 5.74) is 0.132. The van der Waals surface area contributed by atoms with E-state index < -0.39 is 4.92 Å². The molecular formula is C11H11ClN2O3. The lowest BCUT2D eigenvalue weighted by Crippen LogP contribution is -2.05. The second-order valence-corrected chi connectivity index (χ2v) is 3.96. The standard InChI is InChI=1S/C11H11ClN2O3/c1-13(2)6-8(7-15)11-9(12)4-3-5-10(11)14(16)17/h3-7H,1-2H3/b8-6+. The largest absolute Gasteiger partial charge is 0.383 e. The number of allylic oxidation sites excluding steroid dienone is 1. The normalized spacial score (nSPS) is 11.1. The van der Waals surface area contributed by atoms with Gasteiger partial charge >= 0.3 is 0 Å². The molecule has 1 aromatic carbocycles. The fraction of sp³-hybridized carbons (Fsp3) is 0.182. The Hall–Kier alpha value is -1.88. The Labute approximate surface area is 103 Å². The highest BCUT2D eigenvalue weighted by Crippen LogP contribution is 2.31. The number of hydrogen-bond acceptors (Lipinski definition) is 4. The topological polar surface area (TPSA) is 63.5 Å². The number of halogens is 1. The average Bonchev–Trinajstić information content (AvgIpc) is 2.25. The molecule has 0 N–H and O–H groups in total. The summed E-state index contributed by atoms with van der Waals surface area (Å²) in [5, 5.41) is 11.1. The third-order valence-corrected chi connectivity index (χ3v) is 2.32. The van der Waals surface area contributed by atoms with Crippen molar-refractivity contribution >= 4 is 29.1 Å². The average molecular weight is 255 g/mol. The van der Waals surface area contributed by atoms with Crippen molar-refractivity contribution in [2.75, 3.05) is 14.1 Å². The SMILES string of the molecule is CN(C)/C=C(\C=O)c1c(Cl)cccc1[N+](=O)[O-]. The zero-order chi connectivity index (χ0) is 13.0. The van der Waals surface area contributed by atoms with Crippen LogP contribution in [0.25, 0.3) is 5.57 Å². The van der Waals surface area contributed by atoms with Gasteiger partial charge in [0.05, 0.1) is 15.5 Å². The monoisotopic (exact) mass is 254 g/mol. The highest BCUT2D eigenvalue weighted by molar-refractivity contribution is 6.34. The van der Waals surface area contributed by atoms with Crippen LogP contribution in [-0.2, 0) is 4.79 Å². The summed E-state index contributed by atoms with van der Waals surface area (Å²) < 4.78 is 0. The van der Waals surface area contributed by atoms with E-state index in [1.165, 1.54) is 24.4 Å². The van der Waals surface area contributed by atoms with E-state index in [2.05, 4.69) is 0 Å². The smallest absolute Gasteiger partial charge is 0.278 e. The maximum Gasteiger partial charge on any atom is 0.278 e. The van der Waals surface area contributed by atoms with Gasteiger partial charge in [0.1, 0.15) is 0 Å². The number of rotatable bonds is 4. The molecule has 1 rings (SSSR count). The summed E-state index contributed by atoms with van der Waals surface area (Å²) in [6.07, 6.45) is 2.04. The fourth-order valence-electron chi connectivity index (χ4n) is 1.38. The highest BCUT2D eigenvalue weighted by Gasteiger charge is 2.20. The molecule has 1 aromatic rings. The van der Waals surface area contributed by atoms with Crippen LogP contribution in [0.15, 0.2) is 24.4 Å². The van der Waals surface area contributed by atoms with Crippen molar-refractivity contribution in [2.24, 2.45) is 0 Å². The molecule has 0 aliphatic rings. The number of carbonyl (C=O) groups excluding carboxylic acids is 1. The highest BCUT2D eigenvalue weighted by atomic mass is 35.5. The van der Waals surface area contributed by atoms with Gasteiger partial charge in [-0.1, -0.05) is 17.7 Å². The summed E-state index contributed by atoms with van der Waals surface area (Å²) in [5.74, 6) is 0. The first-order valence-electron chi connectivity index (χ1n) is 4.74. The lowest BCUT2D eigenvalue weighted by atomic mass is 10.1. The number of hydrogen-bond donors (Lipinski definition) is 0. The molecule has 90 valence electrons. The Morgan fingerprint density at radius 1 is 1.47 bits per heavy atom. The van der Waals surface area contributed by atoms with E-state index in [1.54, 1.807) is 19.0 Å². The van der Waals surface area contributed by atoms with Crippen molar-refractivity contribution < 1.29 is 9.72 Å². The van der Waals surface area contributed by atoms with Crippen molar-refractivity contribution in [3.63, 3.8) is 0 Å². The minimum Gasteiger partial charge on any atom is -0.383 e. The van der Waals surface area contributed by atoms with Gasteiger partial charge in [-0.05, 0) is 6.07 Å². The van der Waals surface area contributed by atoms with Gasteiger partial charge in [0.2, 0.25) is 0 Å². The van der Waals surface area contributed by atoms with E-state index in [0.717, 1.165) is 0 Å².